The lowest BCUT2D eigenvalue weighted by Gasteiger charge is -2.21. The highest BCUT2D eigenvalue weighted by atomic mass is 32.2. The zero-order chi connectivity index (χ0) is 22.0. The quantitative estimate of drug-likeness (QED) is 0.454. The topological polar surface area (TPSA) is 121 Å². The maximum absolute atomic E-state index is 12.2. The molecule has 0 saturated carbocycles. The number of ether oxygens (including phenoxy) is 2. The van der Waals surface area contributed by atoms with Crippen molar-refractivity contribution in [3.63, 3.8) is 0 Å². The number of sulfonamides is 1. The second kappa shape index (κ2) is 10.8. The van der Waals surface area contributed by atoms with Crippen molar-refractivity contribution < 1.29 is 22.7 Å². The van der Waals surface area contributed by atoms with Gasteiger partial charge in [-0.05, 0) is 61.0 Å². The van der Waals surface area contributed by atoms with E-state index in [1.54, 1.807) is 48.5 Å². The molecule has 0 aliphatic heterocycles. The number of benzene rings is 2. The number of anilines is 1. The molecule has 0 aromatic heterocycles. The number of carbonyl (C=O) groups is 1. The van der Waals surface area contributed by atoms with E-state index < -0.39 is 22.5 Å². The van der Waals surface area contributed by atoms with Gasteiger partial charge >= 0.3 is 0 Å². The maximum atomic E-state index is 12.2. The lowest BCUT2D eigenvalue weighted by molar-refractivity contribution is -0.119. The van der Waals surface area contributed by atoms with Gasteiger partial charge in [0.2, 0.25) is 10.0 Å². The standard InChI is InChI=1S/C20H22N4O5S/c1-3-28-18-10-6-17(7-11-18)24(30(2,26)27)15-20(25)23-22-14-16-4-8-19(9-5-16)29-13-12-21/h4-11,14H,3,13,15H2,1-2H3,(H,23,25)/b22-14+. The largest absolute Gasteiger partial charge is 0.494 e. The van der Waals surface area contributed by atoms with E-state index in [9.17, 15) is 13.2 Å². The second-order valence-electron chi connectivity index (χ2n) is 6.01. The summed E-state index contributed by atoms with van der Waals surface area (Å²) >= 11 is 0. The first-order chi connectivity index (χ1) is 14.3. The van der Waals surface area contributed by atoms with Crippen LogP contribution < -0.4 is 19.2 Å². The molecule has 0 saturated heterocycles. The van der Waals surface area contributed by atoms with E-state index in [4.69, 9.17) is 14.7 Å². The van der Waals surface area contributed by atoms with Gasteiger partial charge in [0.05, 0.1) is 24.8 Å². The molecule has 0 unspecified atom stereocenters. The average Bonchev–Trinajstić information content (AvgIpc) is 2.71. The summed E-state index contributed by atoms with van der Waals surface area (Å²) in [5, 5.41) is 12.3. The maximum Gasteiger partial charge on any atom is 0.260 e. The molecule has 0 heterocycles. The van der Waals surface area contributed by atoms with Gasteiger partial charge in [0.15, 0.2) is 6.61 Å². The molecule has 30 heavy (non-hydrogen) atoms. The van der Waals surface area contributed by atoms with Crippen LogP contribution in [0.5, 0.6) is 11.5 Å². The molecule has 2 aromatic carbocycles. The molecule has 0 fully saturated rings. The Kier molecular flexibility index (Phi) is 8.19. The highest BCUT2D eigenvalue weighted by Gasteiger charge is 2.20. The molecule has 2 rings (SSSR count). The second-order valence-corrected chi connectivity index (χ2v) is 7.91. The highest BCUT2D eigenvalue weighted by Crippen LogP contribution is 2.21. The molecule has 0 atom stereocenters. The summed E-state index contributed by atoms with van der Waals surface area (Å²) in [6, 6.07) is 15.0. The van der Waals surface area contributed by atoms with Crippen molar-refractivity contribution in [3.05, 3.63) is 54.1 Å². The van der Waals surface area contributed by atoms with Gasteiger partial charge in [0, 0.05) is 0 Å². The Morgan fingerprint density at radius 2 is 1.73 bits per heavy atom. The van der Waals surface area contributed by atoms with Crippen molar-refractivity contribution in [2.45, 2.75) is 6.92 Å². The number of hydrazone groups is 1. The number of amides is 1. The van der Waals surface area contributed by atoms with Crippen molar-refractivity contribution in [1.29, 1.82) is 5.26 Å². The summed E-state index contributed by atoms with van der Waals surface area (Å²) in [6.07, 6.45) is 2.43. The van der Waals surface area contributed by atoms with Gasteiger partial charge in [-0.2, -0.15) is 10.4 Å². The minimum Gasteiger partial charge on any atom is -0.494 e. The van der Waals surface area contributed by atoms with E-state index in [1.165, 1.54) is 6.21 Å². The van der Waals surface area contributed by atoms with E-state index in [0.717, 1.165) is 10.6 Å². The van der Waals surface area contributed by atoms with Gasteiger partial charge in [0.1, 0.15) is 24.1 Å². The minimum atomic E-state index is -3.68. The predicted octanol–water partition coefficient (Wildman–Crippen LogP) is 1.90. The Hall–Kier alpha value is -3.58. The fourth-order valence-electron chi connectivity index (χ4n) is 2.39. The van der Waals surface area contributed by atoms with Gasteiger partial charge < -0.3 is 9.47 Å². The Labute approximate surface area is 175 Å². The molecule has 0 aliphatic carbocycles. The molecule has 158 valence electrons. The Balaban J connectivity index is 1.99. The van der Waals surface area contributed by atoms with Crippen molar-refractivity contribution in [2.24, 2.45) is 5.10 Å². The fraction of sp³-hybridized carbons (Fsp3) is 0.250. The molecular formula is C20H22N4O5S. The van der Waals surface area contributed by atoms with Crippen LogP contribution in [0, 0.1) is 11.3 Å². The highest BCUT2D eigenvalue weighted by molar-refractivity contribution is 7.92. The molecule has 1 N–H and O–H groups in total. The number of nitrogens with one attached hydrogen (secondary N) is 1. The SMILES string of the molecule is CCOc1ccc(N(CC(=O)N/N=C/c2ccc(OCC#N)cc2)S(C)(=O)=O)cc1. The molecule has 0 spiro atoms. The Morgan fingerprint density at radius 3 is 2.30 bits per heavy atom. The van der Waals surface area contributed by atoms with E-state index in [0.29, 0.717) is 29.4 Å². The third-order valence-corrected chi connectivity index (χ3v) is 4.85. The van der Waals surface area contributed by atoms with E-state index in [1.807, 2.05) is 13.0 Å². The minimum absolute atomic E-state index is 0.0469. The Morgan fingerprint density at radius 1 is 1.13 bits per heavy atom. The summed E-state index contributed by atoms with van der Waals surface area (Å²) < 4.78 is 35.7. The number of nitriles is 1. The first-order valence-electron chi connectivity index (χ1n) is 8.95. The molecule has 10 heteroatoms. The van der Waals surface area contributed by atoms with Gasteiger partial charge in [-0.3, -0.25) is 9.10 Å². The van der Waals surface area contributed by atoms with E-state index in [-0.39, 0.29) is 6.61 Å². The molecule has 0 aliphatic rings. The van der Waals surface area contributed by atoms with Crippen molar-refractivity contribution in [3.8, 4) is 17.6 Å². The fourth-order valence-corrected chi connectivity index (χ4v) is 3.24. The predicted molar refractivity (Wildman–Crippen MR) is 113 cm³/mol. The summed E-state index contributed by atoms with van der Waals surface area (Å²) in [4.78, 5) is 12.2. The number of nitrogens with zero attached hydrogens (tertiary/aromatic N) is 3. The smallest absolute Gasteiger partial charge is 0.260 e. The summed E-state index contributed by atoms with van der Waals surface area (Å²) in [7, 11) is -3.68. The molecular weight excluding hydrogens is 408 g/mol. The van der Waals surface area contributed by atoms with Crippen LogP contribution in [0.15, 0.2) is 53.6 Å². The van der Waals surface area contributed by atoms with Crippen LogP contribution in [0.3, 0.4) is 0 Å². The van der Waals surface area contributed by atoms with Crippen LogP contribution >= 0.6 is 0 Å². The number of carbonyl (C=O) groups excluding carboxylic acids is 1. The normalized spacial score (nSPS) is 11.0. The van der Waals surface area contributed by atoms with Crippen LogP contribution in [-0.4, -0.2) is 46.6 Å². The van der Waals surface area contributed by atoms with Gasteiger partial charge in [0.25, 0.3) is 5.91 Å². The monoisotopic (exact) mass is 430 g/mol. The van der Waals surface area contributed by atoms with Crippen LogP contribution in [0.1, 0.15) is 12.5 Å². The first-order valence-corrected chi connectivity index (χ1v) is 10.8. The van der Waals surface area contributed by atoms with Crippen molar-refractivity contribution in [1.82, 2.24) is 5.43 Å². The van der Waals surface area contributed by atoms with Crippen LogP contribution in [0.25, 0.3) is 0 Å². The number of hydrogen-bond acceptors (Lipinski definition) is 7. The third kappa shape index (κ3) is 7.10. The lowest BCUT2D eigenvalue weighted by atomic mass is 10.2. The zero-order valence-corrected chi connectivity index (χ0v) is 17.4. The molecule has 0 bridgehead atoms. The summed E-state index contributed by atoms with van der Waals surface area (Å²) in [5.41, 5.74) is 3.34. The van der Waals surface area contributed by atoms with Crippen molar-refractivity contribution >= 4 is 27.8 Å². The Bertz CT molecular complexity index is 1010. The van der Waals surface area contributed by atoms with Gasteiger partial charge in [-0.1, -0.05) is 0 Å². The molecule has 0 radical (unpaired) electrons. The van der Waals surface area contributed by atoms with Crippen molar-refractivity contribution in [2.75, 3.05) is 30.3 Å². The number of rotatable bonds is 10. The molecule has 1 amide bonds. The van der Waals surface area contributed by atoms with Crippen LogP contribution in [0.2, 0.25) is 0 Å². The number of hydrogen-bond donors (Lipinski definition) is 1. The molecule has 2 aromatic rings. The first kappa shape index (κ1) is 22.7. The molecule has 9 nitrogen and oxygen atoms in total. The van der Waals surface area contributed by atoms with E-state index >= 15 is 0 Å². The van der Waals surface area contributed by atoms with Gasteiger partial charge in [-0.15, -0.1) is 0 Å². The van der Waals surface area contributed by atoms with Gasteiger partial charge in [-0.25, -0.2) is 13.8 Å². The van der Waals surface area contributed by atoms with Crippen LogP contribution in [-0.2, 0) is 14.8 Å². The van der Waals surface area contributed by atoms with Crippen LogP contribution in [0.4, 0.5) is 5.69 Å². The lowest BCUT2D eigenvalue weighted by Crippen LogP contribution is -2.39. The summed E-state index contributed by atoms with van der Waals surface area (Å²) in [5.74, 6) is 0.546. The summed E-state index contributed by atoms with van der Waals surface area (Å²) in [6.45, 7) is 1.86. The van der Waals surface area contributed by atoms with E-state index in [2.05, 4.69) is 10.5 Å². The zero-order valence-electron chi connectivity index (χ0n) is 16.6. The average molecular weight is 430 g/mol. The third-order valence-electron chi connectivity index (χ3n) is 3.71.